The van der Waals surface area contributed by atoms with Gasteiger partial charge in [0, 0.05) is 19.6 Å². The molecule has 132 valence electrons. The molecular weight excluding hydrogens is 322 g/mol. The van der Waals surface area contributed by atoms with Crippen molar-refractivity contribution in [1.29, 1.82) is 0 Å². The Labute approximate surface area is 146 Å². The topological polar surface area (TPSA) is 70.2 Å². The van der Waals surface area contributed by atoms with Gasteiger partial charge in [-0.15, -0.1) is 0 Å². The van der Waals surface area contributed by atoms with Gasteiger partial charge in [0.2, 0.25) is 0 Å². The molecule has 4 rings (SSSR count). The lowest BCUT2D eigenvalue weighted by Gasteiger charge is -2.23. The molecule has 0 N–H and O–H groups in total. The van der Waals surface area contributed by atoms with E-state index < -0.39 is 0 Å². The molecule has 3 heterocycles. The standard InChI is InChI=1S/C18H21N3O4/c22-16(12-25-14-5-2-1-3-6-14)19-10-8-13(11-19)21-17(23)15-7-4-9-20(15)18(21)24/h1-3,5-6,13,15H,4,7-12H2/t13?,15-/m0/s1. The van der Waals surface area contributed by atoms with Crippen LogP contribution in [0.25, 0.3) is 0 Å². The van der Waals surface area contributed by atoms with Crippen LogP contribution in [0.3, 0.4) is 0 Å². The van der Waals surface area contributed by atoms with E-state index in [1.165, 1.54) is 4.90 Å². The van der Waals surface area contributed by atoms with Crippen LogP contribution < -0.4 is 4.74 Å². The van der Waals surface area contributed by atoms with Crippen LogP contribution in [0.1, 0.15) is 19.3 Å². The van der Waals surface area contributed by atoms with E-state index in [2.05, 4.69) is 0 Å². The Morgan fingerprint density at radius 2 is 1.92 bits per heavy atom. The number of ether oxygens (including phenoxy) is 1. The second-order valence-electron chi connectivity index (χ2n) is 6.73. The van der Waals surface area contributed by atoms with E-state index in [4.69, 9.17) is 4.74 Å². The van der Waals surface area contributed by atoms with Crippen molar-refractivity contribution < 1.29 is 19.1 Å². The number of hydrogen-bond donors (Lipinski definition) is 0. The van der Waals surface area contributed by atoms with Gasteiger partial charge in [-0.3, -0.25) is 14.5 Å². The fourth-order valence-corrected chi connectivity index (χ4v) is 3.91. The van der Waals surface area contributed by atoms with Gasteiger partial charge in [0.15, 0.2) is 6.61 Å². The fraction of sp³-hybridized carbons (Fsp3) is 0.500. The SMILES string of the molecule is O=C(COc1ccccc1)N1CCC(N2C(=O)[C@@H]3CCCN3C2=O)C1. The van der Waals surface area contributed by atoms with E-state index in [0.29, 0.717) is 31.8 Å². The molecule has 2 atom stereocenters. The number of amides is 4. The number of carbonyl (C=O) groups is 3. The van der Waals surface area contributed by atoms with Gasteiger partial charge in [-0.05, 0) is 31.4 Å². The number of nitrogens with zero attached hydrogens (tertiary/aromatic N) is 3. The van der Waals surface area contributed by atoms with Crippen molar-refractivity contribution in [3.8, 4) is 5.75 Å². The van der Waals surface area contributed by atoms with Gasteiger partial charge in [0.1, 0.15) is 11.8 Å². The minimum atomic E-state index is -0.279. The molecule has 25 heavy (non-hydrogen) atoms. The molecule has 7 heteroatoms. The van der Waals surface area contributed by atoms with Crippen LogP contribution in [0, 0.1) is 0 Å². The average molecular weight is 343 g/mol. The molecular formula is C18H21N3O4. The highest BCUT2D eigenvalue weighted by Crippen LogP contribution is 2.31. The Morgan fingerprint density at radius 3 is 2.68 bits per heavy atom. The molecule has 1 unspecified atom stereocenters. The van der Waals surface area contributed by atoms with Crippen LogP contribution in [0.5, 0.6) is 5.75 Å². The summed E-state index contributed by atoms with van der Waals surface area (Å²) in [6, 6.07) is 8.50. The van der Waals surface area contributed by atoms with E-state index in [-0.39, 0.29) is 36.5 Å². The summed E-state index contributed by atoms with van der Waals surface area (Å²) >= 11 is 0. The number of hydrogen-bond acceptors (Lipinski definition) is 4. The number of imide groups is 1. The van der Waals surface area contributed by atoms with E-state index in [1.54, 1.807) is 21.9 Å². The summed E-state index contributed by atoms with van der Waals surface area (Å²) in [4.78, 5) is 42.1. The molecule has 0 radical (unpaired) electrons. The third-order valence-corrected chi connectivity index (χ3v) is 5.21. The Morgan fingerprint density at radius 1 is 1.12 bits per heavy atom. The first-order valence-electron chi connectivity index (χ1n) is 8.74. The summed E-state index contributed by atoms with van der Waals surface area (Å²) in [6.07, 6.45) is 2.28. The molecule has 0 spiro atoms. The largest absolute Gasteiger partial charge is 0.484 e. The predicted molar refractivity (Wildman–Crippen MR) is 88.9 cm³/mol. The lowest BCUT2D eigenvalue weighted by Crippen LogP contribution is -2.44. The maximum atomic E-state index is 12.5. The average Bonchev–Trinajstić information content (AvgIpc) is 3.33. The molecule has 3 saturated heterocycles. The summed E-state index contributed by atoms with van der Waals surface area (Å²) in [6.45, 7) is 1.57. The van der Waals surface area contributed by atoms with Crippen LogP contribution in [-0.4, -0.2) is 70.9 Å². The fourth-order valence-electron chi connectivity index (χ4n) is 3.91. The minimum Gasteiger partial charge on any atom is -0.484 e. The molecule has 4 amide bonds. The molecule has 0 saturated carbocycles. The summed E-state index contributed by atoms with van der Waals surface area (Å²) in [5.74, 6) is 0.436. The summed E-state index contributed by atoms with van der Waals surface area (Å²) < 4.78 is 5.50. The van der Waals surface area contributed by atoms with Gasteiger partial charge in [-0.1, -0.05) is 18.2 Å². The molecule has 0 bridgehead atoms. The third-order valence-electron chi connectivity index (χ3n) is 5.21. The second kappa shape index (κ2) is 6.38. The monoisotopic (exact) mass is 343 g/mol. The molecule has 7 nitrogen and oxygen atoms in total. The van der Waals surface area contributed by atoms with Crippen molar-refractivity contribution in [2.45, 2.75) is 31.3 Å². The van der Waals surface area contributed by atoms with Gasteiger partial charge < -0.3 is 14.5 Å². The number of fused-ring (bicyclic) bond motifs is 1. The van der Waals surface area contributed by atoms with Gasteiger partial charge in [-0.25, -0.2) is 4.79 Å². The van der Waals surface area contributed by atoms with Crippen LogP contribution in [0.4, 0.5) is 4.79 Å². The van der Waals surface area contributed by atoms with Crippen LogP contribution in [0.2, 0.25) is 0 Å². The summed E-state index contributed by atoms with van der Waals surface area (Å²) in [5.41, 5.74) is 0. The first kappa shape index (κ1) is 15.9. The first-order valence-corrected chi connectivity index (χ1v) is 8.74. The molecule has 3 aliphatic rings. The highest BCUT2D eigenvalue weighted by molar-refractivity contribution is 6.05. The lowest BCUT2D eigenvalue weighted by molar-refractivity contribution is -0.133. The Bertz CT molecular complexity index is 671. The molecule has 3 aliphatic heterocycles. The second-order valence-corrected chi connectivity index (χ2v) is 6.73. The zero-order valence-electron chi connectivity index (χ0n) is 14.0. The zero-order chi connectivity index (χ0) is 17.4. The van der Waals surface area contributed by atoms with Crippen LogP contribution in [-0.2, 0) is 9.59 Å². The molecule has 3 fully saturated rings. The molecule has 1 aromatic rings. The number of rotatable bonds is 4. The van der Waals surface area contributed by atoms with Crippen LogP contribution in [0.15, 0.2) is 30.3 Å². The van der Waals surface area contributed by atoms with Crippen LogP contribution >= 0.6 is 0 Å². The first-order chi connectivity index (χ1) is 12.1. The molecule has 0 aliphatic carbocycles. The van der Waals surface area contributed by atoms with Crippen molar-refractivity contribution in [2.75, 3.05) is 26.2 Å². The highest BCUT2D eigenvalue weighted by Gasteiger charge is 2.51. The number of likely N-dealkylation sites (tertiary alicyclic amines) is 1. The van der Waals surface area contributed by atoms with Gasteiger partial charge in [-0.2, -0.15) is 0 Å². The van der Waals surface area contributed by atoms with Crippen molar-refractivity contribution in [3.63, 3.8) is 0 Å². The Hall–Kier alpha value is -2.57. The van der Waals surface area contributed by atoms with E-state index >= 15 is 0 Å². The van der Waals surface area contributed by atoms with Crippen molar-refractivity contribution in [3.05, 3.63) is 30.3 Å². The van der Waals surface area contributed by atoms with Crippen molar-refractivity contribution >= 4 is 17.8 Å². The molecule has 1 aromatic carbocycles. The van der Waals surface area contributed by atoms with Crippen molar-refractivity contribution in [1.82, 2.24) is 14.7 Å². The van der Waals surface area contributed by atoms with Gasteiger partial charge >= 0.3 is 6.03 Å². The normalized spacial score (nSPS) is 25.7. The van der Waals surface area contributed by atoms with E-state index in [0.717, 1.165) is 12.8 Å². The van der Waals surface area contributed by atoms with Crippen molar-refractivity contribution in [2.24, 2.45) is 0 Å². The smallest absolute Gasteiger partial charge is 0.327 e. The lowest BCUT2D eigenvalue weighted by atomic mass is 10.2. The maximum absolute atomic E-state index is 12.5. The minimum absolute atomic E-state index is 0.0343. The van der Waals surface area contributed by atoms with Gasteiger partial charge in [0.05, 0.1) is 6.04 Å². The number of carbonyl (C=O) groups excluding carboxylic acids is 3. The number of benzene rings is 1. The summed E-state index contributed by atoms with van der Waals surface area (Å²) in [5, 5.41) is 0. The zero-order valence-corrected chi connectivity index (χ0v) is 14.0. The quantitative estimate of drug-likeness (QED) is 0.768. The number of para-hydroxylation sites is 1. The Kier molecular flexibility index (Phi) is 4.07. The maximum Gasteiger partial charge on any atom is 0.327 e. The van der Waals surface area contributed by atoms with E-state index in [1.807, 2.05) is 18.2 Å². The highest BCUT2D eigenvalue weighted by atomic mass is 16.5. The van der Waals surface area contributed by atoms with E-state index in [9.17, 15) is 14.4 Å². The molecule has 0 aromatic heterocycles. The Balaban J connectivity index is 1.34. The van der Waals surface area contributed by atoms with Gasteiger partial charge in [0.25, 0.3) is 11.8 Å². The summed E-state index contributed by atoms with van der Waals surface area (Å²) in [7, 11) is 0. The number of urea groups is 1. The predicted octanol–water partition coefficient (Wildman–Crippen LogP) is 1.09. The third kappa shape index (κ3) is 2.83.